The van der Waals surface area contributed by atoms with Crippen molar-refractivity contribution in [2.45, 2.75) is 31.8 Å². The normalized spacial score (nSPS) is 15.9. The van der Waals surface area contributed by atoms with E-state index in [1.807, 2.05) is 42.5 Å². The number of hydrogen-bond donors (Lipinski definition) is 5. The third-order valence-corrected chi connectivity index (χ3v) is 9.50. The number of amides is 2. The molecule has 1 heterocycles. The lowest BCUT2D eigenvalue weighted by molar-refractivity contribution is -0.142. The van der Waals surface area contributed by atoms with Crippen LogP contribution in [0.2, 0.25) is 10.0 Å². The van der Waals surface area contributed by atoms with Gasteiger partial charge in [-0.25, -0.2) is 9.76 Å². The van der Waals surface area contributed by atoms with E-state index in [0.717, 1.165) is 17.0 Å². The summed E-state index contributed by atoms with van der Waals surface area (Å²) in [7, 11) is -0.134. The van der Waals surface area contributed by atoms with Gasteiger partial charge in [-0.15, -0.1) is 0 Å². The fourth-order valence-electron chi connectivity index (χ4n) is 4.59. The lowest BCUT2D eigenvalue weighted by Gasteiger charge is -2.37. The molecule has 14 heteroatoms. The van der Waals surface area contributed by atoms with E-state index >= 15 is 0 Å². The van der Waals surface area contributed by atoms with E-state index < -0.39 is 32.3 Å². The summed E-state index contributed by atoms with van der Waals surface area (Å²) < 4.78 is 13.5. The molecule has 11 nitrogen and oxygen atoms in total. The van der Waals surface area contributed by atoms with Crippen molar-refractivity contribution in [1.29, 1.82) is 5.41 Å². The van der Waals surface area contributed by atoms with E-state index in [0.29, 0.717) is 31.7 Å². The number of nitrogens with zero attached hydrogens (tertiary/aromatic N) is 1. The van der Waals surface area contributed by atoms with Crippen LogP contribution in [-0.4, -0.2) is 61.0 Å². The summed E-state index contributed by atoms with van der Waals surface area (Å²) in [4.78, 5) is 38.0. The Balaban J connectivity index is 1.42. The molecule has 0 radical (unpaired) electrons. The van der Waals surface area contributed by atoms with Gasteiger partial charge in [0.25, 0.3) is 11.8 Å². The largest absolute Gasteiger partial charge is 0.468 e. The number of nitrogens with two attached hydrogens (primary N) is 1. The minimum Gasteiger partial charge on any atom is -0.468 e. The van der Waals surface area contributed by atoms with Crippen molar-refractivity contribution in [2.75, 3.05) is 20.2 Å². The van der Waals surface area contributed by atoms with Crippen molar-refractivity contribution in [1.82, 2.24) is 20.4 Å². The summed E-state index contributed by atoms with van der Waals surface area (Å²) in [5.41, 5.74) is 5.55. The van der Waals surface area contributed by atoms with Crippen molar-refractivity contribution >= 4 is 66.4 Å². The quantitative estimate of drug-likeness (QED) is 0.0856. The first-order chi connectivity index (χ1) is 21.1. The van der Waals surface area contributed by atoms with Crippen LogP contribution in [0.1, 0.15) is 30.1 Å². The molecule has 2 amide bonds. The van der Waals surface area contributed by atoms with E-state index in [9.17, 15) is 14.4 Å². The molecule has 3 aromatic rings. The van der Waals surface area contributed by atoms with Gasteiger partial charge in [-0.1, -0.05) is 65.7 Å². The second kappa shape index (κ2) is 15.3. The van der Waals surface area contributed by atoms with Gasteiger partial charge >= 0.3 is 5.97 Å². The Bertz CT molecular complexity index is 1560. The average molecular weight is 660 g/mol. The topological polar surface area (TPSA) is 159 Å². The van der Waals surface area contributed by atoms with Crippen LogP contribution in [0, 0.1) is 5.41 Å². The van der Waals surface area contributed by atoms with Crippen LogP contribution in [0.4, 0.5) is 0 Å². The number of esters is 1. The zero-order chi connectivity index (χ0) is 31.8. The lowest BCUT2D eigenvalue weighted by atomic mass is 10.1. The standard InChI is InChI=1S/C30H33Cl2N6O5P/c1-18(30(41)42-2)37-44(43-25-12-5-8-19-7-3-4-9-21(19)25)38-15-13-20(14-16-38)35-29(40)27(34)24(17-33)36-28(39)26-22(31)10-6-11-23(26)32/h3-12,17-18,20,33,37H,13-16,34H2,1-2H3,(H,35,40)(H,36,39)/b27-24+,33-17?. The summed E-state index contributed by atoms with van der Waals surface area (Å²) in [5, 5.41) is 18.5. The Morgan fingerprint density at radius 3 is 2.34 bits per heavy atom. The molecule has 2 atom stereocenters. The number of methoxy groups -OCH3 is 1. The maximum absolute atomic E-state index is 13.0. The third-order valence-electron chi connectivity index (χ3n) is 6.97. The Labute approximate surface area is 266 Å². The highest BCUT2D eigenvalue weighted by Crippen LogP contribution is 2.43. The van der Waals surface area contributed by atoms with Gasteiger partial charge in [0.2, 0.25) is 8.45 Å². The number of hydrogen-bond acceptors (Lipinski definition) is 9. The summed E-state index contributed by atoms with van der Waals surface area (Å²) in [6.07, 6.45) is 1.91. The molecule has 3 aromatic carbocycles. The highest BCUT2D eigenvalue weighted by atomic mass is 35.5. The average Bonchev–Trinajstić information content (AvgIpc) is 3.02. The van der Waals surface area contributed by atoms with E-state index in [1.54, 1.807) is 13.0 Å². The number of nitrogens with one attached hydrogen (secondary N) is 4. The predicted octanol–water partition coefficient (Wildman–Crippen LogP) is 4.73. The number of carbonyl (C=O) groups excluding carboxylic acids is 3. The Morgan fingerprint density at radius 2 is 1.68 bits per heavy atom. The van der Waals surface area contributed by atoms with Gasteiger partial charge in [0, 0.05) is 30.7 Å². The van der Waals surface area contributed by atoms with E-state index in [-0.39, 0.29) is 33.0 Å². The maximum Gasteiger partial charge on any atom is 0.322 e. The van der Waals surface area contributed by atoms with Crippen molar-refractivity contribution in [3.8, 4) is 5.75 Å². The smallest absolute Gasteiger partial charge is 0.322 e. The molecule has 232 valence electrons. The second-order valence-corrected chi connectivity index (χ2v) is 12.3. The highest BCUT2D eigenvalue weighted by Gasteiger charge is 2.31. The van der Waals surface area contributed by atoms with E-state index in [1.165, 1.54) is 19.2 Å². The van der Waals surface area contributed by atoms with Crippen molar-refractivity contribution in [3.63, 3.8) is 0 Å². The summed E-state index contributed by atoms with van der Waals surface area (Å²) in [5.74, 6) is -1.05. The van der Waals surface area contributed by atoms with Crippen LogP contribution in [-0.2, 0) is 14.3 Å². The first-order valence-electron chi connectivity index (χ1n) is 13.7. The number of ether oxygens (including phenoxy) is 1. The Hall–Kier alpha value is -3.73. The maximum atomic E-state index is 13.0. The lowest BCUT2D eigenvalue weighted by Crippen LogP contribution is -2.47. The third kappa shape index (κ3) is 8.05. The van der Waals surface area contributed by atoms with Crippen LogP contribution in [0.15, 0.2) is 72.1 Å². The molecule has 0 bridgehead atoms. The fourth-order valence-corrected chi connectivity index (χ4v) is 6.86. The molecular weight excluding hydrogens is 626 g/mol. The minimum absolute atomic E-state index is 0.00751. The monoisotopic (exact) mass is 658 g/mol. The summed E-state index contributed by atoms with van der Waals surface area (Å²) in [6.45, 7) is 2.81. The molecule has 1 aliphatic rings. The van der Waals surface area contributed by atoms with Gasteiger partial charge in [0.15, 0.2) is 0 Å². The molecule has 6 N–H and O–H groups in total. The molecular formula is C30H33Cl2N6O5P. The first kappa shape index (κ1) is 33.2. The highest BCUT2D eigenvalue weighted by molar-refractivity contribution is 7.48. The van der Waals surface area contributed by atoms with Gasteiger partial charge in [-0.2, -0.15) is 0 Å². The summed E-state index contributed by atoms with van der Waals surface area (Å²) in [6, 6.07) is 17.5. The molecule has 44 heavy (non-hydrogen) atoms. The van der Waals surface area contributed by atoms with Crippen molar-refractivity contribution in [3.05, 3.63) is 87.7 Å². The van der Waals surface area contributed by atoms with Gasteiger partial charge in [-0.05, 0) is 43.4 Å². The van der Waals surface area contributed by atoms with Gasteiger partial charge in [-0.3, -0.25) is 14.4 Å². The van der Waals surface area contributed by atoms with Crippen LogP contribution in [0.3, 0.4) is 0 Å². The molecule has 1 aliphatic heterocycles. The van der Waals surface area contributed by atoms with Gasteiger partial charge in [0.1, 0.15) is 17.5 Å². The number of fused-ring (bicyclic) bond motifs is 1. The summed E-state index contributed by atoms with van der Waals surface area (Å²) >= 11 is 12.2. The Morgan fingerprint density at radius 1 is 1.05 bits per heavy atom. The molecule has 1 saturated heterocycles. The van der Waals surface area contributed by atoms with Crippen LogP contribution >= 0.6 is 31.7 Å². The number of allylic oxidation sites excluding steroid dienone is 1. The molecule has 0 aromatic heterocycles. The number of piperidine rings is 1. The molecule has 0 aliphatic carbocycles. The number of benzene rings is 3. The van der Waals surface area contributed by atoms with Gasteiger partial charge in [0.05, 0.1) is 28.4 Å². The fraction of sp³-hybridized carbons (Fsp3) is 0.267. The Kier molecular flexibility index (Phi) is 11.5. The SMILES string of the molecule is COC(=O)C(C)NP(Oc1cccc2ccccc12)N1CCC(NC(=O)/C(N)=C(/C=N)NC(=O)c2c(Cl)cccc2Cl)CC1. The van der Waals surface area contributed by atoms with Crippen LogP contribution in [0.25, 0.3) is 10.8 Å². The number of halogens is 2. The van der Waals surface area contributed by atoms with Crippen LogP contribution < -0.4 is 26.0 Å². The molecule has 1 fully saturated rings. The molecule has 0 spiro atoms. The zero-order valence-corrected chi connectivity index (χ0v) is 26.5. The van der Waals surface area contributed by atoms with Crippen molar-refractivity contribution < 1.29 is 23.6 Å². The second-order valence-electron chi connectivity index (χ2n) is 9.94. The van der Waals surface area contributed by atoms with E-state index in [2.05, 4.69) is 20.4 Å². The van der Waals surface area contributed by atoms with Gasteiger partial charge < -0.3 is 31.0 Å². The molecule has 4 rings (SSSR count). The first-order valence-corrected chi connectivity index (χ1v) is 15.7. The predicted molar refractivity (Wildman–Crippen MR) is 173 cm³/mol. The number of carbonyl (C=O) groups is 3. The zero-order valence-electron chi connectivity index (χ0n) is 24.1. The van der Waals surface area contributed by atoms with E-state index in [4.69, 9.17) is 43.6 Å². The van der Waals surface area contributed by atoms with Crippen LogP contribution in [0.5, 0.6) is 5.75 Å². The molecule has 2 unspecified atom stereocenters. The molecule has 0 saturated carbocycles. The minimum atomic E-state index is -1.47. The van der Waals surface area contributed by atoms with Crippen molar-refractivity contribution in [2.24, 2.45) is 5.73 Å². The number of rotatable bonds is 11.